The lowest BCUT2D eigenvalue weighted by Crippen LogP contribution is -2.24. The van der Waals surface area contributed by atoms with E-state index in [2.05, 4.69) is 20.1 Å². The van der Waals surface area contributed by atoms with Crippen LogP contribution in [-0.2, 0) is 16.6 Å². The smallest absolute Gasteiger partial charge is 0.208 e. The molecule has 1 heterocycles. The van der Waals surface area contributed by atoms with E-state index in [1.165, 1.54) is 4.80 Å². The largest absolute Gasteiger partial charge is 0.215 e. The summed E-state index contributed by atoms with van der Waals surface area (Å²) in [7, 11) is -3.13. The van der Waals surface area contributed by atoms with Crippen molar-refractivity contribution in [2.75, 3.05) is 12.8 Å². The second-order valence-electron chi connectivity index (χ2n) is 4.10. The van der Waals surface area contributed by atoms with Crippen molar-refractivity contribution in [3.05, 3.63) is 30.3 Å². The molecule has 102 valence electrons. The van der Waals surface area contributed by atoms with E-state index in [-0.39, 0.29) is 0 Å². The Morgan fingerprint density at radius 3 is 2.68 bits per heavy atom. The molecular weight excluding hydrogens is 266 g/mol. The van der Waals surface area contributed by atoms with Gasteiger partial charge in [0.05, 0.1) is 12.8 Å². The van der Waals surface area contributed by atoms with Crippen LogP contribution in [0, 0.1) is 0 Å². The molecule has 0 bridgehead atoms. The van der Waals surface area contributed by atoms with Gasteiger partial charge < -0.3 is 0 Å². The minimum absolute atomic E-state index is 0.362. The summed E-state index contributed by atoms with van der Waals surface area (Å²) in [6.45, 7) is 0.878. The number of aryl methyl sites for hydroxylation is 1. The molecule has 0 spiro atoms. The summed E-state index contributed by atoms with van der Waals surface area (Å²) < 4.78 is 24.2. The van der Waals surface area contributed by atoms with Crippen molar-refractivity contribution in [3.8, 4) is 11.4 Å². The number of rotatable bonds is 6. The first-order chi connectivity index (χ1) is 9.04. The SMILES string of the molecule is CS(=O)(=O)NCCCn1nnc(-c2ccccc2)n1. The van der Waals surface area contributed by atoms with Crippen molar-refractivity contribution in [2.45, 2.75) is 13.0 Å². The highest BCUT2D eigenvalue weighted by molar-refractivity contribution is 7.88. The zero-order valence-electron chi connectivity index (χ0n) is 10.5. The third-order valence-corrected chi connectivity index (χ3v) is 3.11. The van der Waals surface area contributed by atoms with Gasteiger partial charge in [-0.15, -0.1) is 10.2 Å². The molecule has 0 unspecified atom stereocenters. The predicted molar refractivity (Wildman–Crippen MR) is 70.7 cm³/mol. The third kappa shape index (κ3) is 4.42. The van der Waals surface area contributed by atoms with Gasteiger partial charge in [0, 0.05) is 12.1 Å². The van der Waals surface area contributed by atoms with E-state index in [9.17, 15) is 8.42 Å². The van der Waals surface area contributed by atoms with E-state index in [1.807, 2.05) is 30.3 Å². The first-order valence-corrected chi connectivity index (χ1v) is 7.71. The Morgan fingerprint density at radius 1 is 1.26 bits per heavy atom. The van der Waals surface area contributed by atoms with E-state index in [4.69, 9.17) is 0 Å². The van der Waals surface area contributed by atoms with E-state index < -0.39 is 10.0 Å². The zero-order valence-corrected chi connectivity index (χ0v) is 11.3. The summed E-state index contributed by atoms with van der Waals surface area (Å²) in [5.74, 6) is 0.566. The molecule has 2 aromatic rings. The summed E-state index contributed by atoms with van der Waals surface area (Å²) in [6.07, 6.45) is 1.74. The minimum atomic E-state index is -3.13. The van der Waals surface area contributed by atoms with Crippen LogP contribution < -0.4 is 4.72 Å². The van der Waals surface area contributed by atoms with Gasteiger partial charge in [0.2, 0.25) is 15.8 Å². The van der Waals surface area contributed by atoms with Crippen LogP contribution in [-0.4, -0.2) is 41.4 Å². The highest BCUT2D eigenvalue weighted by atomic mass is 32.2. The summed E-state index contributed by atoms with van der Waals surface area (Å²) in [6, 6.07) is 9.56. The van der Waals surface area contributed by atoms with Gasteiger partial charge in [-0.2, -0.15) is 4.80 Å². The minimum Gasteiger partial charge on any atom is -0.215 e. The van der Waals surface area contributed by atoms with Crippen LogP contribution >= 0.6 is 0 Å². The number of nitrogens with one attached hydrogen (secondary N) is 1. The maximum absolute atomic E-state index is 10.9. The number of hydrogen-bond acceptors (Lipinski definition) is 5. The summed E-state index contributed by atoms with van der Waals surface area (Å²) in [5, 5.41) is 12.1. The maximum atomic E-state index is 10.9. The molecule has 1 aromatic heterocycles. The van der Waals surface area contributed by atoms with Crippen molar-refractivity contribution in [2.24, 2.45) is 0 Å². The Hall–Kier alpha value is -1.80. The zero-order chi connectivity index (χ0) is 13.7. The average molecular weight is 281 g/mol. The van der Waals surface area contributed by atoms with Crippen molar-refractivity contribution >= 4 is 10.0 Å². The quantitative estimate of drug-likeness (QED) is 0.768. The summed E-state index contributed by atoms with van der Waals surface area (Å²) in [4.78, 5) is 1.46. The van der Waals surface area contributed by atoms with E-state index in [1.54, 1.807) is 0 Å². The molecule has 1 N–H and O–H groups in total. The predicted octanol–water partition coefficient (Wildman–Crippen LogP) is 0.279. The molecule has 0 aliphatic carbocycles. The summed E-state index contributed by atoms with van der Waals surface area (Å²) in [5.41, 5.74) is 0.906. The highest BCUT2D eigenvalue weighted by Crippen LogP contribution is 2.11. The maximum Gasteiger partial charge on any atom is 0.208 e. The van der Waals surface area contributed by atoms with E-state index >= 15 is 0 Å². The monoisotopic (exact) mass is 281 g/mol. The molecule has 0 saturated carbocycles. The molecule has 8 heteroatoms. The Balaban J connectivity index is 1.88. The lowest BCUT2D eigenvalue weighted by Gasteiger charge is -2.00. The van der Waals surface area contributed by atoms with Gasteiger partial charge in [0.15, 0.2) is 0 Å². The molecule has 0 fully saturated rings. The highest BCUT2D eigenvalue weighted by Gasteiger charge is 2.05. The van der Waals surface area contributed by atoms with Crippen LogP contribution in [0.1, 0.15) is 6.42 Å². The number of benzene rings is 1. The fraction of sp³-hybridized carbons (Fsp3) is 0.364. The molecule has 0 amide bonds. The Labute approximate surface area is 111 Å². The fourth-order valence-corrected chi connectivity index (χ4v) is 2.03. The molecular formula is C11H15N5O2S. The van der Waals surface area contributed by atoms with Gasteiger partial charge >= 0.3 is 0 Å². The third-order valence-electron chi connectivity index (χ3n) is 2.38. The van der Waals surface area contributed by atoms with Crippen LogP contribution in [0.5, 0.6) is 0 Å². The van der Waals surface area contributed by atoms with Crippen LogP contribution in [0.25, 0.3) is 11.4 Å². The molecule has 2 rings (SSSR count). The van der Waals surface area contributed by atoms with E-state index in [0.717, 1.165) is 11.8 Å². The number of hydrogen-bond donors (Lipinski definition) is 1. The second kappa shape index (κ2) is 5.89. The number of nitrogens with zero attached hydrogens (tertiary/aromatic N) is 4. The van der Waals surface area contributed by atoms with Gasteiger partial charge in [-0.1, -0.05) is 30.3 Å². The van der Waals surface area contributed by atoms with Crippen LogP contribution in [0.15, 0.2) is 30.3 Å². The lowest BCUT2D eigenvalue weighted by atomic mass is 10.2. The summed E-state index contributed by atoms with van der Waals surface area (Å²) >= 11 is 0. The standard InChI is InChI=1S/C11H15N5O2S/c1-19(17,18)12-8-5-9-16-14-11(13-15-16)10-6-3-2-4-7-10/h2-4,6-7,12H,5,8-9H2,1H3. The van der Waals surface area contributed by atoms with Crippen molar-refractivity contribution in [3.63, 3.8) is 0 Å². The van der Waals surface area contributed by atoms with Gasteiger partial charge in [-0.05, 0) is 11.6 Å². The molecule has 0 aliphatic rings. The second-order valence-corrected chi connectivity index (χ2v) is 5.93. The first kappa shape index (κ1) is 13.6. The van der Waals surface area contributed by atoms with Crippen LogP contribution in [0.3, 0.4) is 0 Å². The lowest BCUT2D eigenvalue weighted by molar-refractivity contribution is 0.496. The van der Waals surface area contributed by atoms with Gasteiger partial charge in [0.25, 0.3) is 0 Å². The molecule has 0 saturated heterocycles. The molecule has 19 heavy (non-hydrogen) atoms. The number of aromatic nitrogens is 4. The van der Waals surface area contributed by atoms with Crippen molar-refractivity contribution in [1.82, 2.24) is 24.9 Å². The fourth-order valence-electron chi connectivity index (χ4n) is 1.52. The van der Waals surface area contributed by atoms with Gasteiger partial charge in [-0.25, -0.2) is 13.1 Å². The number of sulfonamides is 1. The number of tetrazole rings is 1. The molecule has 0 atom stereocenters. The van der Waals surface area contributed by atoms with Crippen LogP contribution in [0.2, 0.25) is 0 Å². The van der Waals surface area contributed by atoms with Crippen LogP contribution in [0.4, 0.5) is 0 Å². The average Bonchev–Trinajstić information content (AvgIpc) is 2.83. The first-order valence-electron chi connectivity index (χ1n) is 5.82. The molecule has 0 aliphatic heterocycles. The Morgan fingerprint density at radius 2 is 2.00 bits per heavy atom. The topological polar surface area (TPSA) is 89.8 Å². The van der Waals surface area contributed by atoms with Gasteiger partial charge in [-0.3, -0.25) is 0 Å². The molecule has 1 aromatic carbocycles. The van der Waals surface area contributed by atoms with Crippen molar-refractivity contribution < 1.29 is 8.42 Å². The van der Waals surface area contributed by atoms with Crippen molar-refractivity contribution in [1.29, 1.82) is 0 Å². The van der Waals surface area contributed by atoms with E-state index in [0.29, 0.717) is 25.3 Å². The molecule has 0 radical (unpaired) electrons. The normalized spacial score (nSPS) is 11.6. The Kier molecular flexibility index (Phi) is 4.23. The Bertz CT molecular complexity index is 624. The molecule has 7 nitrogen and oxygen atoms in total. The van der Waals surface area contributed by atoms with Gasteiger partial charge in [0.1, 0.15) is 0 Å².